The Balaban J connectivity index is 1.31. The van der Waals surface area contributed by atoms with Crippen molar-refractivity contribution in [3.63, 3.8) is 0 Å². The summed E-state index contributed by atoms with van der Waals surface area (Å²) in [4.78, 5) is 28.0. The van der Waals surface area contributed by atoms with E-state index in [2.05, 4.69) is 15.5 Å². The van der Waals surface area contributed by atoms with Crippen molar-refractivity contribution in [1.82, 2.24) is 15.0 Å². The van der Waals surface area contributed by atoms with E-state index in [9.17, 15) is 14.9 Å². The van der Waals surface area contributed by atoms with Crippen molar-refractivity contribution in [3.05, 3.63) is 94.0 Å². The number of aromatic nitrogens is 3. The minimum absolute atomic E-state index is 0.0558. The van der Waals surface area contributed by atoms with Crippen molar-refractivity contribution in [1.29, 1.82) is 0 Å². The SMILES string of the molecule is Cc1cc2nn(-c3cccc4ccccc34)nc2cc1NC(=O)c1ccc(N2CCCC2)c([N+](=O)[O-])c1. The van der Waals surface area contributed by atoms with E-state index < -0.39 is 10.8 Å². The summed E-state index contributed by atoms with van der Waals surface area (Å²) in [6.45, 7) is 3.45. The minimum atomic E-state index is -0.423. The average Bonchev–Trinajstić information content (AvgIpc) is 3.58. The maximum Gasteiger partial charge on any atom is 0.293 e. The molecule has 4 aromatic carbocycles. The summed E-state index contributed by atoms with van der Waals surface area (Å²) in [6, 6.07) is 22.3. The lowest BCUT2D eigenvalue weighted by atomic mass is 10.1. The Morgan fingerprint density at radius 2 is 1.65 bits per heavy atom. The third kappa shape index (κ3) is 4.14. The molecule has 9 nitrogen and oxygen atoms in total. The Labute approximate surface area is 212 Å². The van der Waals surface area contributed by atoms with Crippen LogP contribution in [0.5, 0.6) is 0 Å². The second-order valence-electron chi connectivity index (χ2n) is 9.25. The predicted molar refractivity (Wildman–Crippen MR) is 144 cm³/mol. The largest absolute Gasteiger partial charge is 0.366 e. The Bertz CT molecular complexity index is 1680. The first kappa shape index (κ1) is 22.7. The van der Waals surface area contributed by atoms with Crippen molar-refractivity contribution in [2.75, 3.05) is 23.3 Å². The van der Waals surface area contributed by atoms with Crippen molar-refractivity contribution in [2.24, 2.45) is 0 Å². The van der Waals surface area contributed by atoms with E-state index in [4.69, 9.17) is 0 Å². The number of hydrogen-bond acceptors (Lipinski definition) is 6. The number of benzene rings is 4. The first-order chi connectivity index (χ1) is 18.0. The molecule has 0 bridgehead atoms. The summed E-state index contributed by atoms with van der Waals surface area (Å²) < 4.78 is 0. The zero-order valence-corrected chi connectivity index (χ0v) is 20.2. The molecule has 1 amide bonds. The fraction of sp³-hybridized carbons (Fsp3) is 0.179. The Morgan fingerprint density at radius 1 is 0.919 bits per heavy atom. The number of carbonyl (C=O) groups is 1. The fourth-order valence-electron chi connectivity index (χ4n) is 4.92. The molecule has 1 aliphatic rings. The number of amides is 1. The van der Waals surface area contributed by atoms with Gasteiger partial charge in [0.05, 0.1) is 10.6 Å². The molecule has 184 valence electrons. The van der Waals surface area contributed by atoms with Crippen LogP contribution in [0, 0.1) is 17.0 Å². The maximum absolute atomic E-state index is 13.1. The van der Waals surface area contributed by atoms with Gasteiger partial charge >= 0.3 is 0 Å². The van der Waals surface area contributed by atoms with Gasteiger partial charge in [0.25, 0.3) is 11.6 Å². The highest BCUT2D eigenvalue weighted by atomic mass is 16.6. The Morgan fingerprint density at radius 3 is 2.43 bits per heavy atom. The summed E-state index contributed by atoms with van der Waals surface area (Å²) in [5, 5.41) is 26.1. The number of anilines is 2. The molecular weight excluding hydrogens is 468 g/mol. The molecule has 6 rings (SSSR count). The fourth-order valence-corrected chi connectivity index (χ4v) is 4.92. The molecule has 0 atom stereocenters. The van der Waals surface area contributed by atoms with Crippen LogP contribution in [-0.4, -0.2) is 38.9 Å². The molecule has 1 fully saturated rings. The maximum atomic E-state index is 13.1. The van der Waals surface area contributed by atoms with Crippen LogP contribution in [-0.2, 0) is 0 Å². The summed E-state index contributed by atoms with van der Waals surface area (Å²) in [6.07, 6.45) is 2.01. The molecule has 1 saturated heterocycles. The van der Waals surface area contributed by atoms with E-state index in [0.29, 0.717) is 22.4 Å². The molecule has 1 N–H and O–H groups in total. The lowest BCUT2D eigenvalue weighted by Crippen LogP contribution is -2.20. The van der Waals surface area contributed by atoms with Crippen LogP contribution in [0.2, 0.25) is 0 Å². The molecule has 1 aromatic heterocycles. The molecule has 1 aliphatic heterocycles. The molecule has 0 spiro atoms. The minimum Gasteiger partial charge on any atom is -0.366 e. The summed E-state index contributed by atoms with van der Waals surface area (Å²) in [5.74, 6) is -0.417. The van der Waals surface area contributed by atoms with E-state index in [1.807, 2.05) is 60.4 Å². The van der Waals surface area contributed by atoms with Crippen LogP contribution in [0.4, 0.5) is 17.1 Å². The summed E-state index contributed by atoms with van der Waals surface area (Å²) in [7, 11) is 0. The quantitative estimate of drug-likeness (QED) is 0.251. The molecule has 37 heavy (non-hydrogen) atoms. The lowest BCUT2D eigenvalue weighted by molar-refractivity contribution is -0.384. The number of rotatable bonds is 5. The standard InChI is InChI=1S/C28H24N6O3/c1-18-15-23-24(31-33(30-23)25-10-6-8-19-7-2-3-9-21(19)25)17-22(18)29-28(35)20-11-12-26(27(16-20)34(36)37)32-13-4-5-14-32/h2-3,6-12,15-17H,4-5,13-14H2,1H3,(H,29,35). The summed E-state index contributed by atoms with van der Waals surface area (Å²) >= 11 is 0. The topological polar surface area (TPSA) is 106 Å². The third-order valence-electron chi connectivity index (χ3n) is 6.84. The van der Waals surface area contributed by atoms with Crippen molar-refractivity contribution in [2.45, 2.75) is 19.8 Å². The van der Waals surface area contributed by atoms with E-state index in [-0.39, 0.29) is 11.3 Å². The average molecular weight is 493 g/mol. The highest BCUT2D eigenvalue weighted by molar-refractivity contribution is 6.06. The predicted octanol–water partition coefficient (Wildman–Crippen LogP) is 5.64. The number of aryl methyl sites for hydroxylation is 1. The molecule has 2 heterocycles. The normalized spacial score (nSPS) is 13.4. The van der Waals surface area contributed by atoms with Gasteiger partial charge in [-0.25, -0.2) is 0 Å². The number of nitrogens with zero attached hydrogens (tertiary/aromatic N) is 5. The molecule has 0 radical (unpaired) electrons. The number of carbonyl (C=O) groups excluding carboxylic acids is 1. The van der Waals surface area contributed by atoms with Gasteiger partial charge in [0.1, 0.15) is 16.7 Å². The Hall–Kier alpha value is -4.79. The van der Waals surface area contributed by atoms with Gasteiger partial charge in [0, 0.05) is 35.8 Å². The number of nitrogens with one attached hydrogen (secondary N) is 1. The van der Waals surface area contributed by atoms with E-state index >= 15 is 0 Å². The second kappa shape index (κ2) is 9.02. The van der Waals surface area contributed by atoms with Crippen LogP contribution < -0.4 is 10.2 Å². The molecule has 9 heteroatoms. The highest BCUT2D eigenvalue weighted by Crippen LogP contribution is 2.32. The van der Waals surface area contributed by atoms with Crippen molar-refractivity contribution in [3.8, 4) is 5.69 Å². The smallest absolute Gasteiger partial charge is 0.293 e. The number of nitro groups is 1. The molecule has 0 aliphatic carbocycles. The van der Waals surface area contributed by atoms with E-state index in [1.165, 1.54) is 6.07 Å². The number of hydrogen-bond donors (Lipinski definition) is 1. The van der Waals surface area contributed by atoms with E-state index in [0.717, 1.165) is 48.0 Å². The van der Waals surface area contributed by atoms with Gasteiger partial charge in [-0.3, -0.25) is 14.9 Å². The molecule has 0 unspecified atom stereocenters. The van der Waals surface area contributed by atoms with Crippen LogP contribution in [0.1, 0.15) is 28.8 Å². The third-order valence-corrected chi connectivity index (χ3v) is 6.84. The van der Waals surface area contributed by atoms with Gasteiger partial charge in [-0.1, -0.05) is 36.4 Å². The molecule has 0 saturated carbocycles. The van der Waals surface area contributed by atoms with Gasteiger partial charge in [-0.15, -0.1) is 15.0 Å². The Kier molecular flexibility index (Phi) is 5.52. The highest BCUT2D eigenvalue weighted by Gasteiger charge is 2.24. The first-order valence-electron chi connectivity index (χ1n) is 12.2. The zero-order valence-electron chi connectivity index (χ0n) is 20.2. The number of nitro benzene ring substituents is 1. The first-order valence-corrected chi connectivity index (χ1v) is 12.2. The molecule has 5 aromatic rings. The van der Waals surface area contributed by atoms with Crippen LogP contribution in [0.15, 0.2) is 72.8 Å². The second-order valence-corrected chi connectivity index (χ2v) is 9.25. The van der Waals surface area contributed by atoms with Crippen molar-refractivity contribution < 1.29 is 9.72 Å². The van der Waals surface area contributed by atoms with Crippen molar-refractivity contribution >= 4 is 44.8 Å². The van der Waals surface area contributed by atoms with Crippen LogP contribution in [0.3, 0.4) is 0 Å². The lowest BCUT2D eigenvalue weighted by Gasteiger charge is -2.18. The van der Waals surface area contributed by atoms with E-state index in [1.54, 1.807) is 23.0 Å². The van der Waals surface area contributed by atoms with Gasteiger partial charge in [-0.2, -0.15) is 0 Å². The van der Waals surface area contributed by atoms with Gasteiger partial charge in [0.2, 0.25) is 0 Å². The van der Waals surface area contributed by atoms with Gasteiger partial charge in [-0.05, 0) is 61.0 Å². The van der Waals surface area contributed by atoms with Crippen LogP contribution >= 0.6 is 0 Å². The van der Waals surface area contributed by atoms with Gasteiger partial charge < -0.3 is 10.2 Å². The van der Waals surface area contributed by atoms with Gasteiger partial charge in [0.15, 0.2) is 0 Å². The van der Waals surface area contributed by atoms with Crippen LogP contribution in [0.25, 0.3) is 27.5 Å². The summed E-state index contributed by atoms with van der Waals surface area (Å²) in [5.41, 5.74) is 4.32. The monoisotopic (exact) mass is 492 g/mol. The molecular formula is C28H24N6O3. The zero-order chi connectivity index (χ0) is 25.5. The number of fused-ring (bicyclic) bond motifs is 2.